The second kappa shape index (κ2) is 8.17. The number of amides is 2. The zero-order valence-electron chi connectivity index (χ0n) is 15.5. The monoisotopic (exact) mass is 419 g/mol. The fourth-order valence-corrected chi connectivity index (χ4v) is 5.73. The van der Waals surface area contributed by atoms with E-state index in [0.717, 1.165) is 22.1 Å². The summed E-state index contributed by atoms with van der Waals surface area (Å²) in [6.45, 7) is 4.03. The number of sulfonamides is 1. The van der Waals surface area contributed by atoms with E-state index in [0.29, 0.717) is 18.8 Å². The van der Waals surface area contributed by atoms with E-state index >= 15 is 0 Å². The molecule has 2 amide bonds. The van der Waals surface area contributed by atoms with Crippen molar-refractivity contribution in [1.82, 2.24) is 4.31 Å². The number of rotatable bonds is 6. The molecule has 0 saturated carbocycles. The fourth-order valence-electron chi connectivity index (χ4n) is 2.90. The third kappa shape index (κ3) is 3.82. The van der Waals surface area contributed by atoms with E-state index in [2.05, 4.69) is 10.6 Å². The molecule has 0 unspecified atom stereocenters. The van der Waals surface area contributed by atoms with Gasteiger partial charge in [-0.2, -0.15) is 4.31 Å². The van der Waals surface area contributed by atoms with Gasteiger partial charge in [0.2, 0.25) is 0 Å². The van der Waals surface area contributed by atoms with Gasteiger partial charge in [-0.15, -0.1) is 11.3 Å². The Bertz CT molecular complexity index is 1100. The number of nitrogens with zero attached hydrogens (tertiary/aromatic N) is 1. The smallest absolute Gasteiger partial charge is 0.323 e. The first kappa shape index (κ1) is 20.1. The van der Waals surface area contributed by atoms with E-state index in [1.54, 1.807) is 19.9 Å². The van der Waals surface area contributed by atoms with Crippen LogP contribution in [0, 0.1) is 0 Å². The van der Waals surface area contributed by atoms with Crippen molar-refractivity contribution in [3.05, 3.63) is 47.8 Å². The topological polar surface area (TPSA) is 98.7 Å². The van der Waals surface area contributed by atoms with Crippen molar-refractivity contribution in [1.29, 1.82) is 0 Å². The van der Waals surface area contributed by atoms with Crippen LogP contribution in [0.2, 0.25) is 0 Å². The number of urea groups is 1. The Hall–Kier alpha value is -2.62. The van der Waals surface area contributed by atoms with Gasteiger partial charge in [0.25, 0.3) is 10.0 Å². The number of thiophene rings is 1. The third-order valence-corrected chi connectivity index (χ3v) is 7.84. The number of benzene rings is 2. The second-order valence-corrected chi connectivity index (χ2v) is 8.99. The van der Waals surface area contributed by atoms with E-state index in [-0.39, 0.29) is 9.90 Å². The highest BCUT2D eigenvalue weighted by Crippen LogP contribution is 2.39. The Balaban J connectivity index is 1.81. The highest BCUT2D eigenvalue weighted by molar-refractivity contribution is 7.91. The number of carbonyl (C=O) groups is 1. The molecule has 1 heterocycles. The molecule has 0 aliphatic rings. The van der Waals surface area contributed by atoms with E-state index < -0.39 is 21.8 Å². The van der Waals surface area contributed by atoms with E-state index in [4.69, 9.17) is 0 Å². The molecular weight excluding hydrogens is 398 g/mol. The van der Waals surface area contributed by atoms with Gasteiger partial charge < -0.3 is 15.7 Å². The second-order valence-electron chi connectivity index (χ2n) is 5.98. The Morgan fingerprint density at radius 1 is 1.04 bits per heavy atom. The molecule has 0 radical (unpaired) electrons. The lowest BCUT2D eigenvalue weighted by atomic mass is 10.1. The summed E-state index contributed by atoms with van der Waals surface area (Å²) in [4.78, 5) is 12.4. The normalized spacial score (nSPS) is 11.7. The zero-order chi connectivity index (χ0) is 20.3. The fraction of sp³-hybridized carbons (Fsp3) is 0.211. The lowest BCUT2D eigenvalue weighted by Crippen LogP contribution is -2.30. The van der Waals surface area contributed by atoms with Crippen molar-refractivity contribution in [2.24, 2.45) is 0 Å². The van der Waals surface area contributed by atoms with Crippen molar-refractivity contribution in [2.45, 2.75) is 18.1 Å². The molecule has 7 nitrogen and oxygen atoms in total. The molecule has 3 rings (SSSR count). The van der Waals surface area contributed by atoms with Crippen molar-refractivity contribution in [2.75, 3.05) is 23.7 Å². The summed E-state index contributed by atoms with van der Waals surface area (Å²) in [5.74, 6) is -0.454. The number of nitrogens with one attached hydrogen (secondary N) is 2. The summed E-state index contributed by atoms with van der Waals surface area (Å²) >= 11 is 0.871. The van der Waals surface area contributed by atoms with Crippen LogP contribution in [-0.2, 0) is 10.0 Å². The van der Waals surface area contributed by atoms with Gasteiger partial charge >= 0.3 is 6.03 Å². The average Bonchev–Trinajstić information content (AvgIpc) is 3.04. The Morgan fingerprint density at radius 2 is 1.68 bits per heavy atom. The lowest BCUT2D eigenvalue weighted by Gasteiger charge is -2.17. The quantitative estimate of drug-likeness (QED) is 0.555. The number of hydrogen-bond acceptors (Lipinski definition) is 5. The minimum absolute atomic E-state index is 0.0495. The molecule has 28 heavy (non-hydrogen) atoms. The van der Waals surface area contributed by atoms with Gasteiger partial charge in [0, 0.05) is 23.9 Å². The van der Waals surface area contributed by atoms with Crippen LogP contribution in [0.3, 0.4) is 0 Å². The SMILES string of the molecule is CCN(CC)S(=O)(=O)c1scc(NC(=O)Nc2cccc3ccccc23)c1O. The summed E-state index contributed by atoms with van der Waals surface area (Å²) in [5.41, 5.74) is 0.662. The summed E-state index contributed by atoms with van der Waals surface area (Å²) in [7, 11) is -3.80. The van der Waals surface area contributed by atoms with Crippen LogP contribution in [0.5, 0.6) is 5.75 Å². The molecule has 0 fully saturated rings. The zero-order valence-corrected chi connectivity index (χ0v) is 17.1. The van der Waals surface area contributed by atoms with Crippen LogP contribution < -0.4 is 10.6 Å². The molecular formula is C19H21N3O4S2. The first-order valence-electron chi connectivity index (χ1n) is 8.74. The molecule has 0 atom stereocenters. The standard InChI is InChI=1S/C19H21N3O4S2/c1-3-22(4-2)28(25,26)18-17(23)16(12-27-18)21-19(24)20-15-11-7-9-13-8-5-6-10-14(13)15/h5-12,23H,3-4H2,1-2H3,(H2,20,21,24). The van der Waals surface area contributed by atoms with E-state index in [1.165, 1.54) is 9.69 Å². The minimum atomic E-state index is -3.80. The maximum absolute atomic E-state index is 12.6. The van der Waals surface area contributed by atoms with Gasteiger partial charge in [0.1, 0.15) is 0 Å². The number of fused-ring (bicyclic) bond motifs is 1. The summed E-state index contributed by atoms with van der Waals surface area (Å²) in [5, 5.41) is 18.9. The average molecular weight is 420 g/mol. The van der Waals surface area contributed by atoms with Crippen LogP contribution in [0.1, 0.15) is 13.8 Å². The lowest BCUT2D eigenvalue weighted by molar-refractivity contribution is 0.262. The van der Waals surface area contributed by atoms with Crippen molar-refractivity contribution in [3.8, 4) is 5.75 Å². The summed E-state index contributed by atoms with van der Waals surface area (Å²) in [6.07, 6.45) is 0. The molecule has 0 spiro atoms. The van der Waals surface area contributed by atoms with Crippen molar-refractivity contribution >= 4 is 49.5 Å². The predicted molar refractivity (Wildman–Crippen MR) is 113 cm³/mol. The molecule has 0 aliphatic heterocycles. The van der Waals surface area contributed by atoms with Crippen LogP contribution in [-0.4, -0.2) is 37.0 Å². The first-order chi connectivity index (χ1) is 13.4. The molecule has 0 saturated heterocycles. The van der Waals surface area contributed by atoms with Gasteiger partial charge in [-0.25, -0.2) is 13.2 Å². The Labute approximate surface area is 167 Å². The maximum atomic E-state index is 12.6. The number of hydrogen-bond donors (Lipinski definition) is 3. The van der Waals surface area contributed by atoms with Crippen LogP contribution in [0.4, 0.5) is 16.2 Å². The minimum Gasteiger partial charge on any atom is -0.504 e. The molecule has 0 bridgehead atoms. The van der Waals surface area contributed by atoms with Gasteiger partial charge in [-0.3, -0.25) is 0 Å². The molecule has 9 heteroatoms. The summed E-state index contributed by atoms with van der Waals surface area (Å²) in [6, 6.07) is 12.6. The largest absolute Gasteiger partial charge is 0.504 e. The van der Waals surface area contributed by atoms with E-state index in [1.807, 2.05) is 36.4 Å². The maximum Gasteiger partial charge on any atom is 0.323 e. The van der Waals surface area contributed by atoms with Gasteiger partial charge in [-0.1, -0.05) is 50.2 Å². The van der Waals surface area contributed by atoms with Gasteiger partial charge in [0.15, 0.2) is 9.96 Å². The molecule has 1 aromatic heterocycles. The number of aromatic hydroxyl groups is 1. The third-order valence-electron chi connectivity index (χ3n) is 4.30. The van der Waals surface area contributed by atoms with Crippen molar-refractivity contribution in [3.63, 3.8) is 0 Å². The van der Waals surface area contributed by atoms with Crippen LogP contribution >= 0.6 is 11.3 Å². The number of carbonyl (C=O) groups excluding carboxylic acids is 1. The Kier molecular flexibility index (Phi) is 5.87. The molecule has 148 valence electrons. The molecule has 3 N–H and O–H groups in total. The Morgan fingerprint density at radius 3 is 2.39 bits per heavy atom. The van der Waals surface area contributed by atoms with Crippen LogP contribution in [0.25, 0.3) is 10.8 Å². The highest BCUT2D eigenvalue weighted by Gasteiger charge is 2.29. The molecule has 2 aromatic carbocycles. The van der Waals surface area contributed by atoms with Gasteiger partial charge in [-0.05, 0) is 11.5 Å². The number of anilines is 2. The van der Waals surface area contributed by atoms with Gasteiger partial charge in [0.05, 0.1) is 11.4 Å². The first-order valence-corrected chi connectivity index (χ1v) is 11.1. The van der Waals surface area contributed by atoms with E-state index in [9.17, 15) is 18.3 Å². The molecule has 3 aromatic rings. The van der Waals surface area contributed by atoms with Crippen LogP contribution in [0.15, 0.2) is 52.1 Å². The summed E-state index contributed by atoms with van der Waals surface area (Å²) < 4.78 is 26.3. The van der Waals surface area contributed by atoms with Crippen molar-refractivity contribution < 1.29 is 18.3 Å². The highest BCUT2D eigenvalue weighted by atomic mass is 32.2. The molecule has 0 aliphatic carbocycles. The predicted octanol–water partition coefficient (Wildman–Crippen LogP) is 4.28.